The zero-order chi connectivity index (χ0) is 17.9. The molecule has 2 aromatic carbocycles. The van der Waals surface area contributed by atoms with E-state index >= 15 is 0 Å². The first-order valence-electron chi connectivity index (χ1n) is 7.52. The van der Waals surface area contributed by atoms with Gasteiger partial charge in [-0.25, -0.2) is 4.79 Å². The fourth-order valence-electron chi connectivity index (χ4n) is 1.90. The zero-order valence-electron chi connectivity index (χ0n) is 13.7. The predicted octanol–water partition coefficient (Wildman–Crippen LogP) is 2.49. The topological polar surface area (TPSA) is 86.2 Å². The van der Waals surface area contributed by atoms with Crippen LogP contribution in [0.15, 0.2) is 59.8 Å². The number of hydrogen-bond acceptors (Lipinski definition) is 6. The van der Waals surface area contributed by atoms with Gasteiger partial charge in [-0.2, -0.15) is 0 Å². The summed E-state index contributed by atoms with van der Waals surface area (Å²) in [6.45, 7) is 0.492. The van der Waals surface area contributed by atoms with Gasteiger partial charge in [-0.3, -0.25) is 4.79 Å². The van der Waals surface area contributed by atoms with Gasteiger partial charge < -0.3 is 19.6 Å². The smallest absolute Gasteiger partial charge is 0.339 e. The SMILES string of the molecule is COC(=O)c1ccccc1NC(=O)/C=N/OCCOc1ccccc1. The number of nitrogens with zero attached hydrogens (tertiary/aromatic N) is 1. The number of amides is 1. The van der Waals surface area contributed by atoms with Crippen molar-refractivity contribution in [2.75, 3.05) is 25.6 Å². The van der Waals surface area contributed by atoms with E-state index in [1.165, 1.54) is 7.11 Å². The number of carbonyl (C=O) groups is 2. The van der Waals surface area contributed by atoms with E-state index in [-0.39, 0.29) is 12.2 Å². The number of hydrogen-bond donors (Lipinski definition) is 1. The summed E-state index contributed by atoms with van der Waals surface area (Å²) in [4.78, 5) is 28.4. The monoisotopic (exact) mass is 342 g/mol. The van der Waals surface area contributed by atoms with Crippen LogP contribution in [0.5, 0.6) is 5.75 Å². The van der Waals surface area contributed by atoms with E-state index in [9.17, 15) is 9.59 Å². The maximum Gasteiger partial charge on any atom is 0.339 e. The third-order valence-electron chi connectivity index (χ3n) is 3.02. The molecule has 2 aromatic rings. The van der Waals surface area contributed by atoms with Gasteiger partial charge in [0.1, 0.15) is 18.6 Å². The Morgan fingerprint density at radius 2 is 1.76 bits per heavy atom. The predicted molar refractivity (Wildman–Crippen MR) is 92.8 cm³/mol. The van der Waals surface area contributed by atoms with Crippen LogP contribution in [0.4, 0.5) is 5.69 Å². The van der Waals surface area contributed by atoms with Crippen molar-refractivity contribution in [3.63, 3.8) is 0 Å². The Morgan fingerprint density at radius 1 is 1.04 bits per heavy atom. The second-order valence-corrected chi connectivity index (χ2v) is 4.76. The van der Waals surface area contributed by atoms with Crippen LogP contribution in [0, 0.1) is 0 Å². The molecule has 0 unspecified atom stereocenters. The molecule has 1 amide bonds. The molecule has 0 aliphatic carbocycles. The van der Waals surface area contributed by atoms with E-state index in [1.807, 2.05) is 30.3 Å². The largest absolute Gasteiger partial charge is 0.490 e. The summed E-state index contributed by atoms with van der Waals surface area (Å²) >= 11 is 0. The molecule has 0 bridgehead atoms. The molecule has 1 N–H and O–H groups in total. The highest BCUT2D eigenvalue weighted by atomic mass is 16.6. The normalized spacial score (nSPS) is 10.3. The van der Waals surface area contributed by atoms with Gasteiger partial charge in [-0.05, 0) is 24.3 Å². The molecule has 0 fully saturated rings. The fraction of sp³-hybridized carbons (Fsp3) is 0.167. The Bertz CT molecular complexity index is 731. The second-order valence-electron chi connectivity index (χ2n) is 4.76. The molecule has 0 saturated heterocycles. The number of esters is 1. The van der Waals surface area contributed by atoms with Crippen molar-refractivity contribution >= 4 is 23.8 Å². The molecule has 2 rings (SSSR count). The molecule has 0 aromatic heterocycles. The summed E-state index contributed by atoms with van der Waals surface area (Å²) < 4.78 is 10.1. The highest BCUT2D eigenvalue weighted by Crippen LogP contribution is 2.15. The average molecular weight is 342 g/mol. The van der Waals surface area contributed by atoms with E-state index < -0.39 is 11.9 Å². The number of methoxy groups -OCH3 is 1. The van der Waals surface area contributed by atoms with E-state index in [2.05, 4.69) is 15.2 Å². The second kappa shape index (κ2) is 9.71. The van der Waals surface area contributed by atoms with Gasteiger partial charge in [0.05, 0.1) is 18.4 Å². The third-order valence-corrected chi connectivity index (χ3v) is 3.02. The number of rotatable bonds is 8. The number of benzene rings is 2. The van der Waals surface area contributed by atoms with Crippen LogP contribution in [0.3, 0.4) is 0 Å². The van der Waals surface area contributed by atoms with Gasteiger partial charge in [0.15, 0.2) is 6.61 Å². The number of carbonyl (C=O) groups excluding carboxylic acids is 2. The number of oxime groups is 1. The first kappa shape index (κ1) is 18.0. The molecule has 0 aliphatic heterocycles. The maximum atomic E-state index is 11.8. The van der Waals surface area contributed by atoms with E-state index in [4.69, 9.17) is 9.57 Å². The van der Waals surface area contributed by atoms with Gasteiger partial charge in [-0.1, -0.05) is 35.5 Å². The van der Waals surface area contributed by atoms with Crippen molar-refractivity contribution in [1.82, 2.24) is 0 Å². The van der Waals surface area contributed by atoms with Crippen molar-refractivity contribution in [3.05, 3.63) is 60.2 Å². The quantitative estimate of drug-likeness (QED) is 0.345. The summed E-state index contributed by atoms with van der Waals surface area (Å²) in [5.74, 6) is -0.338. The van der Waals surface area contributed by atoms with Gasteiger partial charge in [-0.15, -0.1) is 0 Å². The molecule has 0 aliphatic rings. The van der Waals surface area contributed by atoms with Gasteiger partial charge in [0.2, 0.25) is 0 Å². The van der Waals surface area contributed by atoms with Gasteiger partial charge in [0.25, 0.3) is 5.91 Å². The lowest BCUT2D eigenvalue weighted by Crippen LogP contribution is -2.16. The zero-order valence-corrected chi connectivity index (χ0v) is 13.7. The molecular formula is C18H18N2O5. The van der Waals surface area contributed by atoms with Crippen LogP contribution in [-0.4, -0.2) is 38.4 Å². The highest BCUT2D eigenvalue weighted by molar-refractivity contribution is 6.32. The molecule has 0 spiro atoms. The molecule has 0 saturated carbocycles. The van der Waals surface area contributed by atoms with Gasteiger partial charge >= 0.3 is 5.97 Å². The summed E-state index contributed by atoms with van der Waals surface area (Å²) in [5.41, 5.74) is 0.585. The Kier molecular flexibility index (Phi) is 6.99. The fourth-order valence-corrected chi connectivity index (χ4v) is 1.90. The average Bonchev–Trinajstić information content (AvgIpc) is 2.65. The Balaban J connectivity index is 1.75. The summed E-state index contributed by atoms with van der Waals surface area (Å²) in [7, 11) is 1.27. The summed E-state index contributed by atoms with van der Waals surface area (Å²) in [5, 5.41) is 6.10. The van der Waals surface area contributed by atoms with E-state index in [0.29, 0.717) is 12.3 Å². The Morgan fingerprint density at radius 3 is 2.52 bits per heavy atom. The minimum atomic E-state index is -0.540. The number of anilines is 1. The standard InChI is InChI=1S/C18H18N2O5/c1-23-18(22)15-9-5-6-10-16(15)20-17(21)13-19-25-12-11-24-14-7-3-2-4-8-14/h2-10,13H,11-12H2,1H3,(H,20,21)/b19-13+. The van der Waals surface area contributed by atoms with Crippen LogP contribution in [0.25, 0.3) is 0 Å². The van der Waals surface area contributed by atoms with Crippen molar-refractivity contribution in [3.8, 4) is 5.75 Å². The maximum absolute atomic E-state index is 11.8. The molecule has 0 heterocycles. The molecule has 130 valence electrons. The van der Waals surface area contributed by atoms with Crippen LogP contribution in [0.2, 0.25) is 0 Å². The van der Waals surface area contributed by atoms with Gasteiger partial charge in [0, 0.05) is 0 Å². The number of para-hydroxylation sites is 2. The molecule has 0 atom stereocenters. The van der Waals surface area contributed by atoms with Crippen LogP contribution < -0.4 is 10.1 Å². The molecule has 0 radical (unpaired) electrons. The minimum Gasteiger partial charge on any atom is -0.490 e. The Hall–Kier alpha value is -3.35. The van der Waals surface area contributed by atoms with E-state index in [0.717, 1.165) is 12.0 Å². The lowest BCUT2D eigenvalue weighted by molar-refractivity contribution is -0.110. The van der Waals surface area contributed by atoms with Crippen molar-refractivity contribution in [1.29, 1.82) is 0 Å². The van der Waals surface area contributed by atoms with Crippen molar-refractivity contribution < 1.29 is 23.9 Å². The third kappa shape index (κ3) is 5.98. The van der Waals surface area contributed by atoms with Crippen LogP contribution in [0.1, 0.15) is 10.4 Å². The van der Waals surface area contributed by atoms with E-state index in [1.54, 1.807) is 24.3 Å². The first-order chi connectivity index (χ1) is 12.2. The molecule has 7 nitrogen and oxygen atoms in total. The molecular weight excluding hydrogens is 324 g/mol. The number of nitrogens with one attached hydrogen (secondary N) is 1. The minimum absolute atomic E-state index is 0.192. The lowest BCUT2D eigenvalue weighted by Gasteiger charge is -2.07. The summed E-state index contributed by atoms with van der Waals surface area (Å²) in [6, 6.07) is 15.8. The first-order valence-corrected chi connectivity index (χ1v) is 7.52. The van der Waals surface area contributed by atoms with Crippen molar-refractivity contribution in [2.45, 2.75) is 0 Å². The molecule has 25 heavy (non-hydrogen) atoms. The van der Waals surface area contributed by atoms with Crippen molar-refractivity contribution in [2.24, 2.45) is 5.16 Å². The van der Waals surface area contributed by atoms with Crippen LogP contribution >= 0.6 is 0 Å². The van der Waals surface area contributed by atoms with Crippen LogP contribution in [-0.2, 0) is 14.4 Å². The summed E-state index contributed by atoms with van der Waals surface area (Å²) in [6.07, 6.45) is 0.983. The molecule has 7 heteroatoms. The highest BCUT2D eigenvalue weighted by Gasteiger charge is 2.12. The number of ether oxygens (including phenoxy) is 2. The lowest BCUT2D eigenvalue weighted by atomic mass is 10.2. The Labute approximate surface area is 145 Å².